The van der Waals surface area contributed by atoms with E-state index in [0.717, 1.165) is 39.3 Å². The van der Waals surface area contributed by atoms with Crippen LogP contribution in [0.3, 0.4) is 0 Å². The number of rotatable bonds is 2. The first kappa shape index (κ1) is 9.93. The van der Waals surface area contributed by atoms with E-state index in [9.17, 15) is 4.79 Å². The molecule has 0 aromatic heterocycles. The maximum atomic E-state index is 11.4. The Balaban J connectivity index is 1.81. The first-order valence-electron chi connectivity index (χ1n) is 5.26. The van der Waals surface area contributed by atoms with Gasteiger partial charge in [-0.1, -0.05) is 0 Å². The van der Waals surface area contributed by atoms with Crippen molar-refractivity contribution in [2.45, 2.75) is 19.4 Å². The Morgan fingerprint density at radius 3 is 2.71 bits per heavy atom. The fourth-order valence-corrected chi connectivity index (χ4v) is 2.08. The van der Waals surface area contributed by atoms with Crippen molar-refractivity contribution in [1.82, 2.24) is 4.90 Å². The summed E-state index contributed by atoms with van der Waals surface area (Å²) in [5.74, 6) is 0.0621. The van der Waals surface area contributed by atoms with Crippen LogP contribution in [0.15, 0.2) is 0 Å². The maximum absolute atomic E-state index is 11.4. The molecule has 0 aromatic rings. The summed E-state index contributed by atoms with van der Waals surface area (Å²) in [6, 6.07) is 0. The van der Waals surface area contributed by atoms with Gasteiger partial charge in [0, 0.05) is 19.6 Å². The lowest BCUT2D eigenvalue weighted by atomic mass is 10.1. The van der Waals surface area contributed by atoms with Crippen molar-refractivity contribution >= 4 is 5.97 Å². The van der Waals surface area contributed by atoms with Gasteiger partial charge in [0.05, 0.1) is 25.2 Å². The molecule has 0 amide bonds. The average molecular weight is 199 g/mol. The molecule has 2 fully saturated rings. The Bertz CT molecular complexity index is 213. The van der Waals surface area contributed by atoms with Crippen molar-refractivity contribution < 1.29 is 14.3 Å². The number of ether oxygens (including phenoxy) is 2. The second-order valence-corrected chi connectivity index (χ2v) is 4.09. The minimum Gasteiger partial charge on any atom is -0.462 e. The van der Waals surface area contributed by atoms with Crippen molar-refractivity contribution in [3.63, 3.8) is 0 Å². The van der Waals surface area contributed by atoms with E-state index in [-0.39, 0.29) is 18.0 Å². The molecule has 80 valence electrons. The Labute approximate surface area is 84.2 Å². The lowest BCUT2D eigenvalue weighted by Crippen LogP contribution is -2.40. The van der Waals surface area contributed by atoms with Crippen LogP contribution in [-0.2, 0) is 14.3 Å². The van der Waals surface area contributed by atoms with Gasteiger partial charge >= 0.3 is 5.97 Å². The van der Waals surface area contributed by atoms with E-state index in [1.807, 2.05) is 6.92 Å². The molecule has 2 rings (SSSR count). The third kappa shape index (κ3) is 2.25. The van der Waals surface area contributed by atoms with E-state index in [0.29, 0.717) is 0 Å². The van der Waals surface area contributed by atoms with E-state index >= 15 is 0 Å². The van der Waals surface area contributed by atoms with Crippen molar-refractivity contribution in [2.75, 3.05) is 32.8 Å². The van der Waals surface area contributed by atoms with Gasteiger partial charge in [0.25, 0.3) is 0 Å². The zero-order valence-electron chi connectivity index (χ0n) is 8.57. The molecule has 0 N–H and O–H groups in total. The van der Waals surface area contributed by atoms with Gasteiger partial charge in [-0.05, 0) is 13.3 Å². The first-order valence-corrected chi connectivity index (χ1v) is 5.26. The second-order valence-electron chi connectivity index (χ2n) is 4.09. The SMILES string of the molecule is CC1CC(CN2CCOCC2)C(=O)O1. The van der Waals surface area contributed by atoms with Gasteiger partial charge < -0.3 is 9.47 Å². The number of carbonyl (C=O) groups excluding carboxylic acids is 1. The number of cyclic esters (lactones) is 1. The number of hydrogen-bond acceptors (Lipinski definition) is 4. The molecule has 0 bridgehead atoms. The van der Waals surface area contributed by atoms with Crippen LogP contribution in [0.25, 0.3) is 0 Å². The van der Waals surface area contributed by atoms with Gasteiger partial charge in [-0.2, -0.15) is 0 Å². The highest BCUT2D eigenvalue weighted by Crippen LogP contribution is 2.21. The second kappa shape index (κ2) is 4.28. The zero-order valence-corrected chi connectivity index (χ0v) is 8.57. The quantitative estimate of drug-likeness (QED) is 0.598. The molecule has 2 atom stereocenters. The van der Waals surface area contributed by atoms with Crippen molar-refractivity contribution in [3.8, 4) is 0 Å². The average Bonchev–Trinajstić information content (AvgIpc) is 2.47. The zero-order chi connectivity index (χ0) is 9.97. The molecule has 2 aliphatic rings. The van der Waals surface area contributed by atoms with Gasteiger partial charge in [0.2, 0.25) is 0 Å². The molecule has 2 heterocycles. The number of esters is 1. The number of nitrogens with zero attached hydrogens (tertiary/aromatic N) is 1. The van der Waals surface area contributed by atoms with Gasteiger partial charge in [-0.25, -0.2) is 0 Å². The molecule has 14 heavy (non-hydrogen) atoms. The summed E-state index contributed by atoms with van der Waals surface area (Å²) in [6.45, 7) is 6.26. The molecule has 4 heteroatoms. The Morgan fingerprint density at radius 2 is 2.14 bits per heavy atom. The molecule has 0 aliphatic carbocycles. The molecule has 0 spiro atoms. The standard InChI is InChI=1S/C10H17NO3/c1-8-6-9(10(12)14-8)7-11-2-4-13-5-3-11/h8-9H,2-7H2,1H3. The number of carbonyl (C=O) groups is 1. The van der Waals surface area contributed by atoms with E-state index in [4.69, 9.17) is 9.47 Å². The van der Waals surface area contributed by atoms with Gasteiger partial charge in [0.1, 0.15) is 0 Å². The van der Waals surface area contributed by atoms with Crippen LogP contribution in [0.4, 0.5) is 0 Å². The van der Waals surface area contributed by atoms with Crippen LogP contribution in [0, 0.1) is 5.92 Å². The van der Waals surface area contributed by atoms with E-state index in [2.05, 4.69) is 4.90 Å². The summed E-state index contributed by atoms with van der Waals surface area (Å²) in [5.41, 5.74) is 0. The molecule has 0 saturated carbocycles. The number of morpholine rings is 1. The third-order valence-electron chi connectivity index (χ3n) is 2.85. The highest BCUT2D eigenvalue weighted by Gasteiger charge is 2.33. The third-order valence-corrected chi connectivity index (χ3v) is 2.85. The van der Waals surface area contributed by atoms with Crippen LogP contribution >= 0.6 is 0 Å². The van der Waals surface area contributed by atoms with Crippen LogP contribution in [-0.4, -0.2) is 49.8 Å². The lowest BCUT2D eigenvalue weighted by Gasteiger charge is -2.27. The molecule has 0 radical (unpaired) electrons. The Hall–Kier alpha value is -0.610. The topological polar surface area (TPSA) is 38.8 Å². The van der Waals surface area contributed by atoms with Crippen molar-refractivity contribution in [3.05, 3.63) is 0 Å². The van der Waals surface area contributed by atoms with E-state index < -0.39 is 0 Å². The summed E-state index contributed by atoms with van der Waals surface area (Å²) in [7, 11) is 0. The molecule has 2 saturated heterocycles. The van der Waals surface area contributed by atoms with Crippen LogP contribution in [0.1, 0.15) is 13.3 Å². The van der Waals surface area contributed by atoms with Crippen molar-refractivity contribution in [2.24, 2.45) is 5.92 Å². The molecule has 2 unspecified atom stereocenters. The molecule has 2 aliphatic heterocycles. The van der Waals surface area contributed by atoms with Gasteiger partial charge in [-0.3, -0.25) is 9.69 Å². The fraction of sp³-hybridized carbons (Fsp3) is 0.900. The smallest absolute Gasteiger partial charge is 0.310 e. The van der Waals surface area contributed by atoms with Gasteiger partial charge in [-0.15, -0.1) is 0 Å². The fourth-order valence-electron chi connectivity index (χ4n) is 2.08. The van der Waals surface area contributed by atoms with E-state index in [1.165, 1.54) is 0 Å². The summed E-state index contributed by atoms with van der Waals surface area (Å²) in [4.78, 5) is 13.7. The van der Waals surface area contributed by atoms with Crippen LogP contribution < -0.4 is 0 Å². The first-order chi connectivity index (χ1) is 6.75. The predicted molar refractivity (Wildman–Crippen MR) is 50.9 cm³/mol. The maximum Gasteiger partial charge on any atom is 0.310 e. The molecular formula is C10H17NO3. The normalized spacial score (nSPS) is 34.5. The highest BCUT2D eigenvalue weighted by molar-refractivity contribution is 5.74. The van der Waals surface area contributed by atoms with Crippen LogP contribution in [0.2, 0.25) is 0 Å². The molecule has 0 aromatic carbocycles. The van der Waals surface area contributed by atoms with E-state index in [1.54, 1.807) is 0 Å². The largest absolute Gasteiger partial charge is 0.462 e. The summed E-state index contributed by atoms with van der Waals surface area (Å²) < 4.78 is 10.4. The minimum absolute atomic E-state index is 0.0241. The summed E-state index contributed by atoms with van der Waals surface area (Å²) in [6.07, 6.45) is 0.976. The number of hydrogen-bond donors (Lipinski definition) is 0. The van der Waals surface area contributed by atoms with Gasteiger partial charge in [0.15, 0.2) is 0 Å². The Morgan fingerprint density at radius 1 is 1.43 bits per heavy atom. The summed E-state index contributed by atoms with van der Waals surface area (Å²) in [5, 5.41) is 0. The van der Waals surface area contributed by atoms with Crippen LogP contribution in [0.5, 0.6) is 0 Å². The lowest BCUT2D eigenvalue weighted by molar-refractivity contribution is -0.144. The molecule has 4 nitrogen and oxygen atoms in total. The Kier molecular flexibility index (Phi) is 3.03. The highest BCUT2D eigenvalue weighted by atomic mass is 16.5. The van der Waals surface area contributed by atoms with Crippen molar-refractivity contribution in [1.29, 1.82) is 0 Å². The predicted octanol–water partition coefficient (Wildman–Crippen LogP) is 0.270. The molecular weight excluding hydrogens is 182 g/mol. The monoisotopic (exact) mass is 199 g/mol. The minimum atomic E-state index is -0.0241. The summed E-state index contributed by atoms with van der Waals surface area (Å²) >= 11 is 0.